The lowest BCUT2D eigenvalue weighted by Gasteiger charge is -2.40. The van der Waals surface area contributed by atoms with Crippen LogP contribution in [0.25, 0.3) is 21.5 Å². The molecule has 4 heterocycles. The number of methoxy groups -OCH3 is 1. The molecule has 6 aromatic rings. The number of aromatic nitrogens is 4. The van der Waals surface area contributed by atoms with Crippen molar-refractivity contribution in [3.8, 4) is 21.9 Å². The molecule has 0 radical (unpaired) electrons. The summed E-state index contributed by atoms with van der Waals surface area (Å²) < 4.78 is 44.9. The summed E-state index contributed by atoms with van der Waals surface area (Å²) in [6.07, 6.45) is 8.97. The lowest BCUT2D eigenvalue weighted by molar-refractivity contribution is -0.147. The molecule has 4 aromatic carbocycles. The van der Waals surface area contributed by atoms with Crippen LogP contribution in [0.4, 0.5) is 0 Å². The van der Waals surface area contributed by atoms with Crippen molar-refractivity contribution in [2.75, 3.05) is 20.2 Å². The number of ether oxygens (including phenoxy) is 2. The number of hydrogen-bond acceptors (Lipinski definition) is 12. The number of benzene rings is 4. The number of carbonyl (C=O) groups excluding carboxylic acids is 2. The first-order chi connectivity index (χ1) is 39.9. The van der Waals surface area contributed by atoms with Crippen LogP contribution >= 0.6 is 11.3 Å². The first-order valence-corrected chi connectivity index (χ1v) is 32.5. The molecule has 18 heteroatoms. The summed E-state index contributed by atoms with van der Waals surface area (Å²) in [5.41, 5.74) is 10.1. The van der Waals surface area contributed by atoms with Gasteiger partial charge in [0.2, 0.25) is 21.8 Å². The number of aliphatic hydroxyl groups is 1. The first-order valence-electron chi connectivity index (χ1n) is 30.2. The monoisotopic (exact) mass is 1180 g/mol. The molecule has 1 saturated heterocycles. The highest BCUT2D eigenvalue weighted by Crippen LogP contribution is 2.53. The predicted octanol–water partition coefficient (Wildman–Crippen LogP) is 12.0. The fraction of sp³-hybridized carbons (Fsp3) is 0.545. The van der Waals surface area contributed by atoms with Crippen LogP contribution < -0.4 is 14.8 Å². The Morgan fingerprint density at radius 3 is 2.37 bits per heavy atom. The van der Waals surface area contributed by atoms with Crippen LogP contribution in [0.5, 0.6) is 11.5 Å². The van der Waals surface area contributed by atoms with Crippen LogP contribution in [0.3, 0.4) is 0 Å². The van der Waals surface area contributed by atoms with E-state index in [2.05, 4.69) is 60.4 Å². The fourth-order valence-electron chi connectivity index (χ4n) is 14.7. The first kappa shape index (κ1) is 60.9. The molecule has 2 amide bonds. The van der Waals surface area contributed by atoms with Gasteiger partial charge in [0.05, 0.1) is 48.3 Å². The van der Waals surface area contributed by atoms with Gasteiger partial charge in [-0.05, 0) is 164 Å². The summed E-state index contributed by atoms with van der Waals surface area (Å²) in [6, 6.07) is 22.3. The molecule has 10 atom stereocenters. The van der Waals surface area contributed by atoms with E-state index >= 15 is 4.79 Å². The number of nitrogens with one attached hydrogen (secondary N) is 1. The Kier molecular flexibility index (Phi) is 17.9. The summed E-state index contributed by atoms with van der Waals surface area (Å²) in [4.78, 5) is 48.9. The van der Waals surface area contributed by atoms with E-state index in [-0.39, 0.29) is 83.8 Å². The maximum atomic E-state index is 15.1. The van der Waals surface area contributed by atoms with E-state index in [1.54, 1.807) is 41.1 Å². The number of fused-ring (bicyclic) bond motifs is 2. The van der Waals surface area contributed by atoms with Gasteiger partial charge < -0.3 is 29.9 Å². The molecular formula is C66H85N7O9S2. The Bertz CT molecular complexity index is 3500. The number of sulfonamides is 1. The third-order valence-corrected chi connectivity index (χ3v) is 22.1. The second kappa shape index (κ2) is 24.6. The van der Waals surface area contributed by atoms with E-state index in [9.17, 15) is 28.2 Å². The van der Waals surface area contributed by atoms with E-state index in [0.717, 1.165) is 108 Å². The number of carbonyl (C=O) groups is 3. The third-order valence-electron chi connectivity index (χ3n) is 19.3. The van der Waals surface area contributed by atoms with Crippen molar-refractivity contribution in [2.24, 2.45) is 35.6 Å². The topological polar surface area (TPSA) is 206 Å². The summed E-state index contributed by atoms with van der Waals surface area (Å²) in [5, 5.41) is 32.8. The summed E-state index contributed by atoms with van der Waals surface area (Å²) >= 11 is 1.60. The number of aliphatic hydroxyl groups excluding tert-OH is 1. The highest BCUT2D eigenvalue weighted by molar-refractivity contribution is 7.89. The lowest BCUT2D eigenvalue weighted by atomic mass is 9.68. The molecule has 5 unspecified atom stereocenters. The standard InChI is InChI=1S/C66H85N7O9S2/c1-39-16-17-48(53(34-59(75)76)49-30-54-61(57(32-49)81-10)71(9)70-69-54)28-50(39)36-72-35-40(2)82-56-31-47(23-25-58(56)84(72,79)80)46-22-24-51(29-46)66(8)26-12-11-14-44(15-13-27-66)60(65(5,6)7)64(78)73-37-52(74)33-55(73)63(77)68-41(3)43-18-20-45(21-19-43)62-42(4)67-38-83-62/h16-21,23,25,28,30-32,38,40-41,44,46,51-53,55,60,74H,11-15,22,24,26-27,29,33-37H2,1-10H3,(H,68,77)(H,75,76)/t40-,41+,44?,46?,51?,52-,53+,55+,60?,66?/m1/s1. The smallest absolute Gasteiger partial charge is 0.304 e. The summed E-state index contributed by atoms with van der Waals surface area (Å²) in [7, 11) is -0.697. The maximum Gasteiger partial charge on any atom is 0.304 e. The van der Waals surface area contributed by atoms with Gasteiger partial charge in [-0.3, -0.25) is 14.4 Å². The average Bonchev–Trinajstić information content (AvgIpc) is 1.98. The van der Waals surface area contributed by atoms with Gasteiger partial charge in [0, 0.05) is 38.4 Å². The third kappa shape index (κ3) is 12.7. The second-order valence-corrected chi connectivity index (χ2v) is 29.0. The van der Waals surface area contributed by atoms with E-state index in [0.29, 0.717) is 34.0 Å². The van der Waals surface area contributed by atoms with Crippen molar-refractivity contribution in [3.05, 3.63) is 117 Å². The Morgan fingerprint density at radius 1 is 0.917 bits per heavy atom. The molecule has 3 fully saturated rings. The van der Waals surface area contributed by atoms with E-state index < -0.39 is 40.2 Å². The van der Waals surface area contributed by atoms with Gasteiger partial charge >= 0.3 is 5.97 Å². The highest BCUT2D eigenvalue weighted by atomic mass is 32.2. The lowest BCUT2D eigenvalue weighted by Crippen LogP contribution is -2.51. The molecule has 4 aliphatic rings. The average molecular weight is 1180 g/mol. The Labute approximate surface area is 499 Å². The number of carboxylic acid groups (broad SMARTS) is 1. The molecule has 3 N–H and O–H groups in total. The van der Waals surface area contributed by atoms with Gasteiger partial charge in [0.1, 0.15) is 39.6 Å². The van der Waals surface area contributed by atoms with Crippen LogP contribution in [0.15, 0.2) is 83.2 Å². The van der Waals surface area contributed by atoms with Crippen molar-refractivity contribution >= 4 is 50.2 Å². The van der Waals surface area contributed by atoms with Crippen molar-refractivity contribution in [3.63, 3.8) is 0 Å². The number of thiazole rings is 1. The normalized spacial score (nSPS) is 25.1. The molecule has 0 spiro atoms. The van der Waals surface area contributed by atoms with Crippen molar-refractivity contribution in [2.45, 2.75) is 180 Å². The number of likely N-dealkylation sites (tertiary alicyclic amines) is 1. The van der Waals surface area contributed by atoms with Crippen molar-refractivity contribution in [1.82, 2.24) is 34.5 Å². The summed E-state index contributed by atoms with van der Waals surface area (Å²) in [5.74, 6) is -0.344. The summed E-state index contributed by atoms with van der Waals surface area (Å²) in [6.45, 7) is 17.1. The van der Waals surface area contributed by atoms with E-state index in [1.807, 2.05) is 87.8 Å². The van der Waals surface area contributed by atoms with Crippen LogP contribution in [-0.4, -0.2) is 104 Å². The molecule has 450 valence electrons. The second-order valence-electron chi connectivity index (χ2n) is 26.2. The molecule has 10 rings (SSSR count). The Balaban J connectivity index is 0.791. The minimum Gasteiger partial charge on any atom is -0.494 e. The van der Waals surface area contributed by atoms with Crippen LogP contribution in [0.1, 0.15) is 176 Å². The number of hydrogen-bond donors (Lipinski definition) is 3. The molecule has 2 aliphatic carbocycles. The van der Waals surface area contributed by atoms with E-state index in [1.165, 1.54) is 4.31 Å². The van der Waals surface area contributed by atoms with Crippen molar-refractivity contribution < 1.29 is 42.5 Å². The number of aliphatic carboxylic acids is 1. The Morgan fingerprint density at radius 2 is 1.65 bits per heavy atom. The van der Waals surface area contributed by atoms with Gasteiger partial charge in [0.25, 0.3) is 0 Å². The van der Waals surface area contributed by atoms with Gasteiger partial charge in [0.15, 0.2) is 0 Å². The number of rotatable bonds is 15. The number of β-amino-alcohol motifs (C(OH)–C–C–N with tert-alkyl or cyclic N) is 1. The molecule has 0 bridgehead atoms. The molecule has 2 aromatic heterocycles. The van der Waals surface area contributed by atoms with Gasteiger partial charge in [-0.1, -0.05) is 101 Å². The predicted molar refractivity (Wildman–Crippen MR) is 326 cm³/mol. The molecule has 16 nitrogen and oxygen atoms in total. The number of nitrogens with zero attached hydrogens (tertiary/aromatic N) is 6. The van der Waals surface area contributed by atoms with E-state index in [4.69, 9.17) is 9.47 Å². The number of amides is 2. The maximum absolute atomic E-state index is 15.1. The minimum atomic E-state index is -4.03. The van der Waals surface area contributed by atoms with Crippen LogP contribution in [0.2, 0.25) is 0 Å². The molecule has 2 aliphatic heterocycles. The molecular weight excluding hydrogens is 1100 g/mol. The fourth-order valence-corrected chi connectivity index (χ4v) is 17.1. The zero-order valence-electron chi connectivity index (χ0n) is 50.6. The van der Waals surface area contributed by atoms with Crippen LogP contribution in [0, 0.1) is 42.4 Å². The largest absolute Gasteiger partial charge is 0.494 e. The van der Waals surface area contributed by atoms with Gasteiger partial charge in [-0.15, -0.1) is 16.4 Å². The van der Waals surface area contributed by atoms with Crippen molar-refractivity contribution in [1.29, 1.82) is 0 Å². The molecule has 84 heavy (non-hydrogen) atoms. The quantitative estimate of drug-likeness (QED) is 0.0878. The number of aryl methyl sites for hydroxylation is 3. The molecule has 2 saturated carbocycles. The minimum absolute atomic E-state index is 0.0267. The Hall–Kier alpha value is -6.21. The van der Waals surface area contributed by atoms with Crippen LogP contribution in [-0.2, 0) is 38.0 Å². The van der Waals surface area contributed by atoms with Gasteiger partial charge in [-0.2, -0.15) is 4.31 Å². The SMILES string of the molecule is COc1cc([C@@H](CC(=O)O)c2ccc(C)c(CN3C[C@@H](C)Oc4cc(C5CCC(C6(C)CCCCC(C(C(=O)N7C[C@H](O)C[C@H]7C(=O)N[C@@H](C)c7ccc(-c8scnc8C)cc7)C(C)(C)C)CCC6)C5)ccc4S3(=O)=O)c2)cc2nnn(C)c12. The zero-order chi connectivity index (χ0) is 60.0. The number of carboxylic acids is 1. The highest BCUT2D eigenvalue weighted by Gasteiger charge is 2.48. The van der Waals surface area contributed by atoms with Gasteiger partial charge in [-0.25, -0.2) is 18.1 Å². The zero-order valence-corrected chi connectivity index (χ0v) is 52.2.